The summed E-state index contributed by atoms with van der Waals surface area (Å²) in [6.45, 7) is 3.82. The van der Waals surface area contributed by atoms with E-state index in [0.29, 0.717) is 5.56 Å². The molecule has 4 aromatic carbocycles. The van der Waals surface area contributed by atoms with E-state index in [4.69, 9.17) is 2.74 Å². The molecule has 0 amide bonds. The van der Waals surface area contributed by atoms with E-state index in [1.165, 1.54) is 32.3 Å². The Balaban J connectivity index is 1.77. The minimum Gasteiger partial charge on any atom is -0.256 e. The number of fused-ring (bicyclic) bond motifs is 6. The summed E-state index contributed by atoms with van der Waals surface area (Å²) >= 11 is 0. The summed E-state index contributed by atoms with van der Waals surface area (Å²) in [6.07, 6.45) is 0.324. The maximum Gasteiger partial charge on any atom is 0.0704 e. The van der Waals surface area contributed by atoms with Crippen molar-refractivity contribution < 1.29 is 2.74 Å². The molecule has 0 radical (unpaired) electrons. The number of hydrogen-bond donors (Lipinski definition) is 0. The van der Waals surface area contributed by atoms with Crippen LogP contribution in [0.3, 0.4) is 0 Å². The molecule has 5 rings (SSSR count). The second-order valence-corrected chi connectivity index (χ2v) is 7.58. The number of nitrogens with zero attached hydrogens (tertiary/aromatic N) is 1. The van der Waals surface area contributed by atoms with Crippen molar-refractivity contribution in [2.45, 2.75) is 20.2 Å². The van der Waals surface area contributed by atoms with Gasteiger partial charge in [0, 0.05) is 14.5 Å². The van der Waals surface area contributed by atoms with E-state index in [1.807, 2.05) is 19.9 Å². The highest BCUT2D eigenvalue weighted by atomic mass is 14.7. The van der Waals surface area contributed by atoms with Crippen LogP contribution in [0.25, 0.3) is 43.6 Å². The van der Waals surface area contributed by atoms with Crippen LogP contribution in [-0.4, -0.2) is 4.98 Å². The van der Waals surface area contributed by atoms with Crippen LogP contribution in [0, 0.1) is 5.92 Å². The second kappa shape index (κ2) is 6.76. The first-order chi connectivity index (χ1) is 14.5. The molecular weight excluding hydrogens is 338 g/mol. The molecule has 28 heavy (non-hydrogen) atoms. The lowest BCUT2D eigenvalue weighted by Crippen LogP contribution is -1.95. The molecule has 0 N–H and O–H groups in total. The first-order valence-corrected chi connectivity index (χ1v) is 9.77. The molecule has 0 unspecified atom stereocenters. The summed E-state index contributed by atoms with van der Waals surface area (Å²) in [7, 11) is 0. The zero-order valence-corrected chi connectivity index (χ0v) is 16.1. The molecule has 1 nitrogen and oxygen atoms in total. The average molecular weight is 364 g/mol. The molecule has 0 saturated heterocycles. The monoisotopic (exact) mass is 363 g/mol. The third-order valence-electron chi connectivity index (χ3n) is 5.26. The highest BCUT2D eigenvalue weighted by Crippen LogP contribution is 2.36. The van der Waals surface area contributed by atoms with Gasteiger partial charge >= 0.3 is 0 Å². The number of rotatable bonds is 3. The zero-order valence-electron chi connectivity index (χ0n) is 18.1. The Morgan fingerprint density at radius 2 is 1.29 bits per heavy atom. The van der Waals surface area contributed by atoms with E-state index in [2.05, 4.69) is 71.7 Å². The highest BCUT2D eigenvalue weighted by Gasteiger charge is 2.10. The van der Waals surface area contributed by atoms with Crippen LogP contribution in [-0.2, 0) is 6.37 Å². The molecule has 0 aliphatic carbocycles. The van der Waals surface area contributed by atoms with Gasteiger partial charge in [0.25, 0.3) is 0 Å². The lowest BCUT2D eigenvalue weighted by molar-refractivity contribution is 0.647. The fourth-order valence-corrected chi connectivity index (χ4v) is 4.08. The predicted molar refractivity (Wildman–Crippen MR) is 121 cm³/mol. The Kier molecular flexibility index (Phi) is 3.58. The van der Waals surface area contributed by atoms with Gasteiger partial charge in [-0.25, -0.2) is 0 Å². The molecule has 0 aliphatic rings. The maximum absolute atomic E-state index is 8.45. The van der Waals surface area contributed by atoms with E-state index >= 15 is 0 Å². The zero-order chi connectivity index (χ0) is 20.9. The molecule has 0 aliphatic heterocycles. The van der Waals surface area contributed by atoms with Crippen LogP contribution < -0.4 is 0 Å². The van der Waals surface area contributed by atoms with Gasteiger partial charge < -0.3 is 0 Å². The predicted octanol–water partition coefficient (Wildman–Crippen LogP) is 7.41. The largest absolute Gasteiger partial charge is 0.256 e. The lowest BCUT2D eigenvalue weighted by Gasteiger charge is -2.12. The molecule has 1 heterocycles. The van der Waals surface area contributed by atoms with Crippen LogP contribution in [0.2, 0.25) is 0 Å². The maximum atomic E-state index is 8.45. The summed E-state index contributed by atoms with van der Waals surface area (Å²) < 4.78 is 16.9. The highest BCUT2D eigenvalue weighted by molar-refractivity contribution is 6.25. The van der Waals surface area contributed by atoms with E-state index in [-0.39, 0.29) is 5.92 Å². The summed E-state index contributed by atoms with van der Waals surface area (Å²) in [5.74, 6) is -0.111. The van der Waals surface area contributed by atoms with Crippen LogP contribution >= 0.6 is 0 Å². The molecule has 0 spiro atoms. The molecule has 136 valence electrons. The van der Waals surface area contributed by atoms with Gasteiger partial charge in [-0.2, -0.15) is 0 Å². The smallest absolute Gasteiger partial charge is 0.0704 e. The van der Waals surface area contributed by atoms with Gasteiger partial charge in [0.2, 0.25) is 0 Å². The van der Waals surface area contributed by atoms with Gasteiger partial charge in [-0.05, 0) is 68.4 Å². The lowest BCUT2D eigenvalue weighted by atomic mass is 9.92. The quantitative estimate of drug-likeness (QED) is 0.304. The van der Waals surface area contributed by atoms with E-state index in [9.17, 15) is 0 Å². The van der Waals surface area contributed by atoms with Crippen molar-refractivity contribution in [3.05, 3.63) is 90.6 Å². The minimum atomic E-state index is -1.39. The molecule has 0 bridgehead atoms. The van der Waals surface area contributed by atoms with Crippen molar-refractivity contribution in [2.75, 3.05) is 0 Å². The van der Waals surface area contributed by atoms with Gasteiger partial charge in [0.15, 0.2) is 0 Å². The van der Waals surface area contributed by atoms with Crippen molar-refractivity contribution in [2.24, 2.45) is 5.92 Å². The summed E-state index contributed by atoms with van der Waals surface area (Å²) in [5.41, 5.74) is 2.48. The molecule has 0 atom stereocenters. The molecule has 1 heteroatoms. The Hall–Kier alpha value is -3.19. The Labute approximate surface area is 168 Å². The van der Waals surface area contributed by atoms with E-state index in [0.717, 1.165) is 11.3 Å². The van der Waals surface area contributed by atoms with Crippen molar-refractivity contribution in [1.29, 1.82) is 0 Å². The fourth-order valence-electron chi connectivity index (χ4n) is 4.08. The van der Waals surface area contributed by atoms with Gasteiger partial charge in [0.05, 0.1) is 5.69 Å². The van der Waals surface area contributed by atoms with Crippen molar-refractivity contribution in [1.82, 2.24) is 4.98 Å². The van der Waals surface area contributed by atoms with Crippen molar-refractivity contribution in [3.8, 4) is 11.3 Å². The van der Waals surface area contributed by atoms with E-state index in [1.54, 1.807) is 12.3 Å². The standard InChI is InChI=1S/C27H23N/c1-18(2)15-19-13-14-28-27(16-19)20-11-12-25-23-9-4-3-7-21(23)22-8-5-6-10-24(22)26(25)17-20/h3-14,16-18H,15H2,1-2H3/i15D2. The van der Waals surface area contributed by atoms with E-state index < -0.39 is 6.37 Å². The average Bonchev–Trinajstić information content (AvgIpc) is 2.79. The normalized spacial score (nSPS) is 13.2. The van der Waals surface area contributed by atoms with Crippen molar-refractivity contribution in [3.63, 3.8) is 0 Å². The topological polar surface area (TPSA) is 12.9 Å². The molecular formula is C27H23N. The van der Waals surface area contributed by atoms with Crippen LogP contribution in [0.1, 0.15) is 22.2 Å². The fraction of sp³-hybridized carbons (Fsp3) is 0.148. The van der Waals surface area contributed by atoms with Crippen molar-refractivity contribution >= 4 is 32.3 Å². The first-order valence-electron chi connectivity index (χ1n) is 10.8. The minimum absolute atomic E-state index is 0.111. The molecule has 0 saturated carbocycles. The third kappa shape index (κ3) is 2.84. The molecule has 0 fully saturated rings. The Morgan fingerprint density at radius 1 is 0.714 bits per heavy atom. The SMILES string of the molecule is [2H]C([2H])(c1ccnc(-c2ccc3c4ccccc4c4ccccc4c3c2)c1)C(C)C. The van der Waals surface area contributed by atoms with Gasteiger partial charge in [0.1, 0.15) is 0 Å². The molecule has 1 aromatic heterocycles. The van der Waals surface area contributed by atoms with Gasteiger partial charge in [-0.1, -0.05) is 74.5 Å². The van der Waals surface area contributed by atoms with Crippen LogP contribution in [0.5, 0.6) is 0 Å². The number of pyridine rings is 1. The third-order valence-corrected chi connectivity index (χ3v) is 5.26. The Bertz CT molecular complexity index is 1370. The first kappa shape index (κ1) is 14.8. The van der Waals surface area contributed by atoms with Crippen LogP contribution in [0.4, 0.5) is 0 Å². The summed E-state index contributed by atoms with van der Waals surface area (Å²) in [6, 6.07) is 27.2. The van der Waals surface area contributed by atoms with Crippen LogP contribution in [0.15, 0.2) is 85.1 Å². The number of hydrogen-bond acceptors (Lipinski definition) is 1. The number of benzene rings is 4. The van der Waals surface area contributed by atoms with Gasteiger partial charge in [-0.15, -0.1) is 0 Å². The molecule has 5 aromatic rings. The summed E-state index contributed by atoms with van der Waals surface area (Å²) in [4.78, 5) is 4.57. The van der Waals surface area contributed by atoms with Gasteiger partial charge in [-0.3, -0.25) is 4.98 Å². The summed E-state index contributed by atoms with van der Waals surface area (Å²) in [5, 5.41) is 7.40. The second-order valence-electron chi connectivity index (χ2n) is 7.58. The Morgan fingerprint density at radius 3 is 1.89 bits per heavy atom. The number of aromatic nitrogens is 1.